The zero-order valence-corrected chi connectivity index (χ0v) is 13.2. The van der Waals surface area contributed by atoms with Crippen molar-refractivity contribution in [3.05, 3.63) is 54.1 Å². The van der Waals surface area contributed by atoms with Gasteiger partial charge in [0.15, 0.2) is 0 Å². The molecule has 4 heteroatoms. The van der Waals surface area contributed by atoms with Crippen molar-refractivity contribution >= 4 is 10.9 Å². The first kappa shape index (κ1) is 15.3. The van der Waals surface area contributed by atoms with E-state index in [0.29, 0.717) is 5.75 Å². The molecule has 0 aliphatic rings. The van der Waals surface area contributed by atoms with E-state index in [4.69, 9.17) is 19.6 Å². The van der Waals surface area contributed by atoms with E-state index in [1.807, 2.05) is 48.5 Å². The Morgan fingerprint density at radius 1 is 1.04 bits per heavy atom. The van der Waals surface area contributed by atoms with E-state index >= 15 is 0 Å². The monoisotopic (exact) mass is 309 g/mol. The van der Waals surface area contributed by atoms with Crippen LogP contribution >= 0.6 is 0 Å². The van der Waals surface area contributed by atoms with E-state index in [1.165, 1.54) is 0 Å². The minimum atomic E-state index is -0.0215. The summed E-state index contributed by atoms with van der Waals surface area (Å²) >= 11 is 0. The van der Waals surface area contributed by atoms with Crippen molar-refractivity contribution in [1.82, 2.24) is 4.98 Å². The molecule has 0 radical (unpaired) electrons. The van der Waals surface area contributed by atoms with Crippen molar-refractivity contribution in [1.29, 1.82) is 0 Å². The number of hydrogen-bond acceptors (Lipinski definition) is 4. The Kier molecular flexibility index (Phi) is 4.44. The molecule has 0 atom stereocenters. The Balaban J connectivity index is 2.17. The fourth-order valence-corrected chi connectivity index (χ4v) is 2.65. The van der Waals surface area contributed by atoms with Gasteiger partial charge in [0.25, 0.3) is 0 Å². The molecule has 118 valence electrons. The molecule has 1 heterocycles. The number of methoxy groups -OCH3 is 1. The Morgan fingerprint density at radius 3 is 2.61 bits per heavy atom. The lowest BCUT2D eigenvalue weighted by molar-refractivity contribution is 0.202. The molecule has 0 aliphatic carbocycles. The van der Waals surface area contributed by atoms with Crippen LogP contribution in [-0.4, -0.2) is 30.4 Å². The van der Waals surface area contributed by atoms with Crippen molar-refractivity contribution in [2.45, 2.75) is 6.92 Å². The maximum Gasteiger partial charge on any atom is 0.145 e. The number of aryl methyl sites for hydroxylation is 1. The molecule has 0 amide bonds. The summed E-state index contributed by atoms with van der Waals surface area (Å²) in [6.07, 6.45) is 0. The van der Waals surface area contributed by atoms with Gasteiger partial charge in [-0.1, -0.05) is 24.3 Å². The van der Waals surface area contributed by atoms with E-state index < -0.39 is 0 Å². The Labute approximate surface area is 135 Å². The summed E-state index contributed by atoms with van der Waals surface area (Å²) in [7, 11) is 1.65. The molecule has 3 rings (SSSR count). The predicted octanol–water partition coefficient (Wildman–Crippen LogP) is 3.59. The number of aliphatic hydroxyl groups excluding tert-OH is 1. The van der Waals surface area contributed by atoms with Crippen LogP contribution in [0.4, 0.5) is 0 Å². The summed E-state index contributed by atoms with van der Waals surface area (Å²) < 4.78 is 11.1. The molecule has 23 heavy (non-hydrogen) atoms. The van der Waals surface area contributed by atoms with Crippen LogP contribution in [0.25, 0.3) is 22.2 Å². The summed E-state index contributed by atoms with van der Waals surface area (Å²) in [6.45, 7) is 2.30. The van der Waals surface area contributed by atoms with Gasteiger partial charge in [-0.25, -0.2) is 4.98 Å². The molecule has 0 unspecified atom stereocenters. The Hall–Kier alpha value is -2.59. The molecule has 4 nitrogen and oxygen atoms in total. The van der Waals surface area contributed by atoms with Gasteiger partial charge < -0.3 is 14.6 Å². The van der Waals surface area contributed by atoms with E-state index in [1.54, 1.807) is 7.11 Å². The normalized spacial score (nSPS) is 10.7. The highest BCUT2D eigenvalue weighted by atomic mass is 16.5. The van der Waals surface area contributed by atoms with Crippen molar-refractivity contribution in [3.8, 4) is 22.8 Å². The third kappa shape index (κ3) is 2.98. The second kappa shape index (κ2) is 6.67. The number of aliphatic hydroxyl groups is 1. The largest absolute Gasteiger partial charge is 0.494 e. The number of nitrogens with zero attached hydrogens (tertiary/aromatic N) is 1. The standard InChI is InChI=1S/C19H19NO3/c1-13-12-16(15-6-3-4-8-17(15)23-11-10-21)20-19-14(13)7-5-9-18(19)22-2/h3-9,12,21H,10-11H2,1-2H3. The Bertz CT molecular complexity index is 830. The topological polar surface area (TPSA) is 51.6 Å². The van der Waals surface area contributed by atoms with Crippen LogP contribution in [-0.2, 0) is 0 Å². The van der Waals surface area contributed by atoms with Crippen LogP contribution in [0.1, 0.15) is 5.56 Å². The second-order valence-electron chi connectivity index (χ2n) is 5.25. The molecule has 1 N–H and O–H groups in total. The lowest BCUT2D eigenvalue weighted by Crippen LogP contribution is -2.03. The van der Waals surface area contributed by atoms with E-state index in [9.17, 15) is 0 Å². The number of rotatable bonds is 5. The molecule has 0 saturated carbocycles. The molecular weight excluding hydrogens is 290 g/mol. The number of pyridine rings is 1. The molecule has 3 aromatic rings. The zero-order valence-electron chi connectivity index (χ0n) is 13.2. The lowest BCUT2D eigenvalue weighted by atomic mass is 10.0. The summed E-state index contributed by atoms with van der Waals surface area (Å²) in [5.74, 6) is 1.46. The van der Waals surface area contributed by atoms with E-state index in [0.717, 1.165) is 33.5 Å². The lowest BCUT2D eigenvalue weighted by Gasteiger charge is -2.13. The van der Waals surface area contributed by atoms with Crippen molar-refractivity contribution in [3.63, 3.8) is 0 Å². The van der Waals surface area contributed by atoms with Gasteiger partial charge in [0.1, 0.15) is 23.6 Å². The van der Waals surface area contributed by atoms with Crippen molar-refractivity contribution in [2.24, 2.45) is 0 Å². The van der Waals surface area contributed by atoms with E-state index in [2.05, 4.69) is 6.92 Å². The maximum atomic E-state index is 8.99. The molecular formula is C19H19NO3. The quantitative estimate of drug-likeness (QED) is 0.782. The van der Waals surface area contributed by atoms with Crippen LogP contribution in [0.3, 0.4) is 0 Å². The molecule has 0 aliphatic heterocycles. The number of para-hydroxylation sites is 2. The van der Waals surface area contributed by atoms with Gasteiger partial charge in [0.2, 0.25) is 0 Å². The van der Waals surface area contributed by atoms with Gasteiger partial charge in [-0.3, -0.25) is 0 Å². The number of fused-ring (bicyclic) bond motifs is 1. The third-order valence-electron chi connectivity index (χ3n) is 3.74. The number of benzene rings is 2. The second-order valence-corrected chi connectivity index (χ2v) is 5.25. The summed E-state index contributed by atoms with van der Waals surface area (Å²) in [5, 5.41) is 10.1. The highest BCUT2D eigenvalue weighted by Crippen LogP contribution is 2.33. The molecule has 2 aromatic carbocycles. The van der Waals surface area contributed by atoms with E-state index in [-0.39, 0.29) is 13.2 Å². The highest BCUT2D eigenvalue weighted by molar-refractivity contribution is 5.90. The molecule has 0 bridgehead atoms. The van der Waals surface area contributed by atoms with Crippen LogP contribution in [0.15, 0.2) is 48.5 Å². The SMILES string of the molecule is COc1cccc2c(C)cc(-c3ccccc3OCCO)nc12. The molecule has 0 spiro atoms. The minimum Gasteiger partial charge on any atom is -0.494 e. The number of hydrogen-bond donors (Lipinski definition) is 1. The first-order valence-electron chi connectivity index (χ1n) is 7.52. The first-order chi connectivity index (χ1) is 11.2. The smallest absolute Gasteiger partial charge is 0.145 e. The minimum absolute atomic E-state index is 0.0215. The van der Waals surface area contributed by atoms with Gasteiger partial charge >= 0.3 is 0 Å². The average molecular weight is 309 g/mol. The summed E-state index contributed by atoms with van der Waals surface area (Å²) in [4.78, 5) is 4.78. The van der Waals surface area contributed by atoms with Gasteiger partial charge in [0, 0.05) is 10.9 Å². The fraction of sp³-hybridized carbons (Fsp3) is 0.211. The number of ether oxygens (including phenoxy) is 2. The van der Waals surface area contributed by atoms with Gasteiger partial charge in [-0.15, -0.1) is 0 Å². The van der Waals surface area contributed by atoms with Crippen LogP contribution < -0.4 is 9.47 Å². The third-order valence-corrected chi connectivity index (χ3v) is 3.74. The predicted molar refractivity (Wildman–Crippen MR) is 91.0 cm³/mol. The average Bonchev–Trinajstić information content (AvgIpc) is 2.59. The van der Waals surface area contributed by atoms with Gasteiger partial charge in [0.05, 0.1) is 19.4 Å². The number of aromatic nitrogens is 1. The van der Waals surface area contributed by atoms with Crippen LogP contribution in [0.5, 0.6) is 11.5 Å². The fourth-order valence-electron chi connectivity index (χ4n) is 2.65. The molecule has 0 saturated heterocycles. The van der Waals surface area contributed by atoms with Crippen molar-refractivity contribution < 1.29 is 14.6 Å². The van der Waals surface area contributed by atoms with Gasteiger partial charge in [-0.05, 0) is 36.8 Å². The zero-order chi connectivity index (χ0) is 16.2. The summed E-state index contributed by atoms with van der Waals surface area (Å²) in [6, 6.07) is 15.7. The van der Waals surface area contributed by atoms with Crippen LogP contribution in [0, 0.1) is 6.92 Å². The molecule has 0 fully saturated rings. The summed E-state index contributed by atoms with van der Waals surface area (Å²) in [5.41, 5.74) is 3.69. The Morgan fingerprint density at radius 2 is 1.83 bits per heavy atom. The van der Waals surface area contributed by atoms with Crippen molar-refractivity contribution in [2.75, 3.05) is 20.3 Å². The van der Waals surface area contributed by atoms with Crippen LogP contribution in [0.2, 0.25) is 0 Å². The first-order valence-corrected chi connectivity index (χ1v) is 7.52. The van der Waals surface area contributed by atoms with Gasteiger partial charge in [-0.2, -0.15) is 0 Å². The molecule has 1 aromatic heterocycles. The maximum absolute atomic E-state index is 8.99. The highest BCUT2D eigenvalue weighted by Gasteiger charge is 2.12.